The van der Waals surface area contributed by atoms with Crippen LogP contribution in [0.5, 0.6) is 0 Å². The lowest BCUT2D eigenvalue weighted by Gasteiger charge is -2.32. The Morgan fingerprint density at radius 1 is 1.18 bits per heavy atom. The fraction of sp³-hybridized carbons (Fsp3) is 0.350. The summed E-state index contributed by atoms with van der Waals surface area (Å²) in [7, 11) is -2.13. The minimum absolute atomic E-state index is 0.0637. The van der Waals surface area contributed by atoms with Crippen molar-refractivity contribution in [1.82, 2.24) is 9.62 Å². The molecule has 1 amide bonds. The van der Waals surface area contributed by atoms with Gasteiger partial charge in [0.2, 0.25) is 10.0 Å². The molecule has 0 radical (unpaired) electrons. The van der Waals surface area contributed by atoms with E-state index in [2.05, 4.69) is 20.7 Å². The molecule has 0 aliphatic carbocycles. The zero-order valence-electron chi connectivity index (χ0n) is 15.6. The van der Waals surface area contributed by atoms with E-state index >= 15 is 0 Å². The van der Waals surface area contributed by atoms with Gasteiger partial charge in [0.15, 0.2) is 0 Å². The lowest BCUT2D eigenvalue weighted by atomic mass is 9.89. The number of nitrogens with zero attached hydrogens (tertiary/aromatic N) is 1. The quantitative estimate of drug-likeness (QED) is 0.725. The molecule has 0 atom stereocenters. The average Bonchev–Trinajstić information content (AvgIpc) is 2.72. The lowest BCUT2D eigenvalue weighted by Crippen LogP contribution is -2.38. The van der Waals surface area contributed by atoms with Crippen LogP contribution in [0.25, 0.3) is 0 Å². The van der Waals surface area contributed by atoms with Gasteiger partial charge in [-0.05, 0) is 55.1 Å². The van der Waals surface area contributed by atoms with Crippen LogP contribution in [0, 0.1) is 0 Å². The second-order valence-electron chi connectivity index (χ2n) is 6.69. The molecule has 28 heavy (non-hydrogen) atoms. The summed E-state index contributed by atoms with van der Waals surface area (Å²) in [4.78, 5) is 14.3. The third kappa shape index (κ3) is 4.92. The van der Waals surface area contributed by atoms with E-state index in [0.717, 1.165) is 15.6 Å². The summed E-state index contributed by atoms with van der Waals surface area (Å²) < 4.78 is 33.3. The van der Waals surface area contributed by atoms with Crippen LogP contribution in [-0.4, -0.2) is 39.5 Å². The van der Waals surface area contributed by atoms with Gasteiger partial charge in [0.25, 0.3) is 0 Å². The lowest BCUT2D eigenvalue weighted by molar-refractivity contribution is 0.0869. The average molecular weight is 467 g/mol. The number of piperidine rings is 1. The van der Waals surface area contributed by atoms with E-state index in [-0.39, 0.29) is 18.6 Å². The standard InChI is InChI=1S/C20H23BrN2O4S/c1-22-28(25,26)19-8-7-17(21)13-18(19)16-9-11-23(12-10-16)20(24)27-14-15-5-3-2-4-6-15/h2-8,13,16,22H,9-12,14H2,1H3. The van der Waals surface area contributed by atoms with Crippen LogP contribution in [0.3, 0.4) is 0 Å². The van der Waals surface area contributed by atoms with Crippen molar-refractivity contribution in [3.8, 4) is 0 Å². The third-order valence-corrected chi connectivity index (χ3v) is 6.91. The van der Waals surface area contributed by atoms with Crippen LogP contribution >= 0.6 is 15.9 Å². The topological polar surface area (TPSA) is 75.7 Å². The first-order valence-electron chi connectivity index (χ1n) is 9.09. The van der Waals surface area contributed by atoms with Gasteiger partial charge in [0.05, 0.1) is 4.90 Å². The van der Waals surface area contributed by atoms with E-state index in [1.54, 1.807) is 17.0 Å². The number of ether oxygens (including phenoxy) is 1. The van der Waals surface area contributed by atoms with Crippen molar-refractivity contribution in [2.45, 2.75) is 30.3 Å². The zero-order valence-corrected chi connectivity index (χ0v) is 18.0. The number of amides is 1. The molecule has 1 N–H and O–H groups in total. The maximum absolute atomic E-state index is 12.4. The number of sulfonamides is 1. The van der Waals surface area contributed by atoms with E-state index in [1.165, 1.54) is 7.05 Å². The SMILES string of the molecule is CNS(=O)(=O)c1ccc(Br)cc1C1CCN(C(=O)OCc2ccccc2)CC1. The van der Waals surface area contributed by atoms with E-state index in [1.807, 2.05) is 36.4 Å². The summed E-state index contributed by atoms with van der Waals surface area (Å²) >= 11 is 3.43. The Morgan fingerprint density at radius 2 is 1.86 bits per heavy atom. The van der Waals surface area contributed by atoms with Gasteiger partial charge in [-0.3, -0.25) is 0 Å². The van der Waals surface area contributed by atoms with Crippen molar-refractivity contribution in [2.75, 3.05) is 20.1 Å². The zero-order chi connectivity index (χ0) is 20.1. The van der Waals surface area contributed by atoms with Crippen molar-refractivity contribution in [3.63, 3.8) is 0 Å². The molecule has 0 saturated carbocycles. The molecule has 1 aliphatic rings. The number of carbonyl (C=O) groups is 1. The Morgan fingerprint density at radius 3 is 2.50 bits per heavy atom. The van der Waals surface area contributed by atoms with Gasteiger partial charge in [-0.15, -0.1) is 0 Å². The predicted molar refractivity (Wildman–Crippen MR) is 111 cm³/mol. The summed E-state index contributed by atoms with van der Waals surface area (Å²) in [5.74, 6) is 0.0637. The highest BCUT2D eigenvalue weighted by molar-refractivity contribution is 9.10. The Bertz CT molecular complexity index is 926. The number of hydrogen-bond donors (Lipinski definition) is 1. The van der Waals surface area contributed by atoms with Crippen molar-refractivity contribution in [1.29, 1.82) is 0 Å². The molecule has 1 saturated heterocycles. The molecule has 1 aliphatic heterocycles. The summed E-state index contributed by atoms with van der Waals surface area (Å²) in [6, 6.07) is 14.8. The maximum Gasteiger partial charge on any atom is 0.410 e. The third-order valence-electron chi connectivity index (χ3n) is 4.93. The minimum Gasteiger partial charge on any atom is -0.445 e. The van der Waals surface area contributed by atoms with Gasteiger partial charge in [0, 0.05) is 17.6 Å². The normalized spacial score (nSPS) is 15.4. The van der Waals surface area contributed by atoms with Crippen LogP contribution < -0.4 is 4.72 Å². The maximum atomic E-state index is 12.4. The first-order chi connectivity index (χ1) is 13.4. The van der Waals surface area contributed by atoms with E-state index in [4.69, 9.17) is 4.74 Å². The fourth-order valence-electron chi connectivity index (χ4n) is 3.38. The van der Waals surface area contributed by atoms with E-state index in [0.29, 0.717) is 30.8 Å². The van der Waals surface area contributed by atoms with Gasteiger partial charge < -0.3 is 9.64 Å². The first kappa shape index (κ1) is 20.8. The number of likely N-dealkylation sites (tertiary alicyclic amines) is 1. The van der Waals surface area contributed by atoms with Crippen molar-refractivity contribution in [2.24, 2.45) is 0 Å². The van der Waals surface area contributed by atoms with Crippen LogP contribution in [0.1, 0.15) is 29.9 Å². The number of carbonyl (C=O) groups excluding carboxylic acids is 1. The summed E-state index contributed by atoms with van der Waals surface area (Å²) in [6.45, 7) is 1.31. The van der Waals surface area contributed by atoms with E-state index in [9.17, 15) is 13.2 Å². The van der Waals surface area contributed by atoms with Crippen LogP contribution in [0.2, 0.25) is 0 Å². The Labute approximate surface area is 174 Å². The second kappa shape index (κ2) is 9.07. The molecule has 0 spiro atoms. The molecule has 2 aromatic carbocycles. The summed E-state index contributed by atoms with van der Waals surface area (Å²) in [5.41, 5.74) is 1.72. The van der Waals surface area contributed by atoms with E-state index < -0.39 is 10.0 Å². The minimum atomic E-state index is -3.54. The number of halogens is 1. The molecule has 150 valence electrons. The predicted octanol–water partition coefficient (Wildman–Crippen LogP) is 3.87. The summed E-state index contributed by atoms with van der Waals surface area (Å²) in [5, 5.41) is 0. The molecule has 0 aromatic heterocycles. The Balaban J connectivity index is 1.64. The molecular weight excluding hydrogens is 444 g/mol. The fourth-order valence-corrected chi connectivity index (χ4v) is 4.76. The molecule has 1 heterocycles. The Hall–Kier alpha value is -1.90. The van der Waals surface area contributed by atoms with Crippen molar-refractivity contribution in [3.05, 3.63) is 64.1 Å². The molecule has 8 heteroatoms. The molecule has 0 bridgehead atoms. The second-order valence-corrected chi connectivity index (χ2v) is 9.46. The first-order valence-corrected chi connectivity index (χ1v) is 11.4. The van der Waals surface area contributed by atoms with Gasteiger partial charge in [0.1, 0.15) is 6.61 Å². The monoisotopic (exact) mass is 466 g/mol. The highest BCUT2D eigenvalue weighted by Gasteiger charge is 2.29. The van der Waals surface area contributed by atoms with Crippen molar-refractivity contribution < 1.29 is 17.9 Å². The largest absolute Gasteiger partial charge is 0.445 e. The highest BCUT2D eigenvalue weighted by atomic mass is 79.9. The molecular formula is C20H23BrN2O4S. The van der Waals surface area contributed by atoms with Gasteiger partial charge >= 0.3 is 6.09 Å². The van der Waals surface area contributed by atoms with Gasteiger partial charge in [-0.2, -0.15) is 0 Å². The molecule has 0 unspecified atom stereocenters. The Kier molecular flexibility index (Phi) is 6.74. The van der Waals surface area contributed by atoms with Gasteiger partial charge in [-0.1, -0.05) is 46.3 Å². The van der Waals surface area contributed by atoms with Crippen LogP contribution in [0.15, 0.2) is 57.9 Å². The smallest absolute Gasteiger partial charge is 0.410 e. The molecule has 3 rings (SSSR count). The number of benzene rings is 2. The number of rotatable bonds is 5. The molecule has 6 nitrogen and oxygen atoms in total. The number of nitrogens with one attached hydrogen (secondary N) is 1. The molecule has 1 fully saturated rings. The summed E-state index contributed by atoms with van der Waals surface area (Å²) in [6.07, 6.45) is 1.03. The number of hydrogen-bond acceptors (Lipinski definition) is 4. The molecule has 2 aromatic rings. The van der Waals surface area contributed by atoms with Crippen LogP contribution in [-0.2, 0) is 21.4 Å². The van der Waals surface area contributed by atoms with Crippen LogP contribution in [0.4, 0.5) is 4.79 Å². The highest BCUT2D eigenvalue weighted by Crippen LogP contribution is 2.34. The van der Waals surface area contributed by atoms with Gasteiger partial charge in [-0.25, -0.2) is 17.9 Å². The van der Waals surface area contributed by atoms with Crippen molar-refractivity contribution >= 4 is 32.0 Å².